The monoisotopic (exact) mass is 361 g/mol. The van der Waals surface area contributed by atoms with Crippen molar-refractivity contribution >= 4 is 23.3 Å². The number of carbonyl (C=O) groups is 3. The molecule has 6 heteroatoms. The molecule has 0 saturated heterocycles. The number of esters is 1. The van der Waals surface area contributed by atoms with Gasteiger partial charge in [-0.05, 0) is 51.8 Å². The minimum atomic E-state index is -1.11. The highest BCUT2D eigenvalue weighted by Crippen LogP contribution is 2.40. The second-order valence-electron chi connectivity index (χ2n) is 6.82. The fourth-order valence-electron chi connectivity index (χ4n) is 3.06. The van der Waals surface area contributed by atoms with Gasteiger partial charge in [-0.3, -0.25) is 14.5 Å². The molecule has 6 nitrogen and oxygen atoms in total. The Bertz CT molecular complexity index is 710. The molecule has 1 unspecified atom stereocenters. The van der Waals surface area contributed by atoms with Gasteiger partial charge >= 0.3 is 5.97 Å². The van der Waals surface area contributed by atoms with Gasteiger partial charge in [0, 0.05) is 12.0 Å². The van der Waals surface area contributed by atoms with Crippen LogP contribution in [0.25, 0.3) is 0 Å². The van der Waals surface area contributed by atoms with E-state index in [0.29, 0.717) is 29.8 Å². The van der Waals surface area contributed by atoms with Gasteiger partial charge in [0.2, 0.25) is 0 Å². The fraction of sp³-hybridized carbons (Fsp3) is 0.550. The fourth-order valence-corrected chi connectivity index (χ4v) is 3.06. The van der Waals surface area contributed by atoms with Crippen molar-refractivity contribution in [3.63, 3.8) is 0 Å². The Kier molecular flexibility index (Phi) is 6.05. The first-order valence-corrected chi connectivity index (χ1v) is 9.13. The highest BCUT2D eigenvalue weighted by Gasteiger charge is 2.45. The van der Waals surface area contributed by atoms with Crippen LogP contribution in [0.3, 0.4) is 0 Å². The van der Waals surface area contributed by atoms with Crippen LogP contribution in [0.5, 0.6) is 5.75 Å². The molecule has 1 aromatic rings. The summed E-state index contributed by atoms with van der Waals surface area (Å²) in [7, 11) is 0. The first kappa shape index (κ1) is 19.9. The predicted octanol–water partition coefficient (Wildman–Crippen LogP) is 3.52. The molecule has 1 aliphatic heterocycles. The average molecular weight is 361 g/mol. The lowest BCUT2D eigenvalue weighted by atomic mass is 9.98. The lowest BCUT2D eigenvalue weighted by molar-refractivity contribution is -0.147. The standard InChI is InChI=1S/C20H27NO5/c1-6-9-16(22)13-10-11-17-15(12-13)21(19(24)20(4,5)26-17)14(7-2)18(23)25-8-3/h10-12,14H,6-9H2,1-5H3. The van der Waals surface area contributed by atoms with Crippen molar-refractivity contribution in [3.05, 3.63) is 23.8 Å². The van der Waals surface area contributed by atoms with Crippen LogP contribution in [0, 0.1) is 0 Å². The van der Waals surface area contributed by atoms with Gasteiger partial charge in [0.15, 0.2) is 11.4 Å². The summed E-state index contributed by atoms with van der Waals surface area (Å²) in [6.45, 7) is 9.05. The Morgan fingerprint density at radius 1 is 1.23 bits per heavy atom. The molecular formula is C20H27NO5. The number of nitrogens with zero attached hydrogens (tertiary/aromatic N) is 1. The lowest BCUT2D eigenvalue weighted by Gasteiger charge is -2.41. The van der Waals surface area contributed by atoms with Crippen LogP contribution >= 0.6 is 0 Å². The molecule has 0 N–H and O–H groups in total. The van der Waals surface area contributed by atoms with Gasteiger partial charge in [-0.1, -0.05) is 13.8 Å². The molecule has 0 aliphatic carbocycles. The number of anilines is 1. The molecule has 1 heterocycles. The summed E-state index contributed by atoms with van der Waals surface area (Å²) in [6.07, 6.45) is 1.56. The van der Waals surface area contributed by atoms with Gasteiger partial charge in [-0.25, -0.2) is 4.79 Å². The van der Waals surface area contributed by atoms with Gasteiger partial charge in [0.25, 0.3) is 5.91 Å². The summed E-state index contributed by atoms with van der Waals surface area (Å²) in [5.74, 6) is -0.315. The maximum atomic E-state index is 13.0. The molecule has 0 fully saturated rings. The van der Waals surface area contributed by atoms with Crippen molar-refractivity contribution in [3.8, 4) is 5.75 Å². The van der Waals surface area contributed by atoms with E-state index in [-0.39, 0.29) is 18.3 Å². The molecule has 0 bridgehead atoms. The number of hydrogen-bond acceptors (Lipinski definition) is 5. The average Bonchev–Trinajstić information content (AvgIpc) is 2.58. The number of ketones is 1. The van der Waals surface area contributed by atoms with E-state index in [1.54, 1.807) is 39.0 Å². The largest absolute Gasteiger partial charge is 0.476 e. The molecule has 1 atom stereocenters. The van der Waals surface area contributed by atoms with E-state index in [0.717, 1.165) is 6.42 Å². The third kappa shape index (κ3) is 3.74. The summed E-state index contributed by atoms with van der Waals surface area (Å²) in [5.41, 5.74) is -0.163. The van der Waals surface area contributed by atoms with Crippen LogP contribution < -0.4 is 9.64 Å². The Hall–Kier alpha value is -2.37. The number of fused-ring (bicyclic) bond motifs is 1. The molecule has 142 valence electrons. The van der Waals surface area contributed by atoms with Crippen LogP contribution in [0.2, 0.25) is 0 Å². The van der Waals surface area contributed by atoms with Gasteiger partial charge in [-0.2, -0.15) is 0 Å². The van der Waals surface area contributed by atoms with E-state index in [1.807, 2.05) is 13.8 Å². The maximum absolute atomic E-state index is 13.0. The van der Waals surface area contributed by atoms with Crippen LogP contribution in [-0.4, -0.2) is 35.9 Å². The van der Waals surface area contributed by atoms with Gasteiger partial charge in [0.1, 0.15) is 11.8 Å². The summed E-state index contributed by atoms with van der Waals surface area (Å²) in [6, 6.07) is 4.27. The molecule has 0 radical (unpaired) electrons. The second-order valence-corrected chi connectivity index (χ2v) is 6.82. The Balaban J connectivity index is 2.56. The molecule has 0 saturated carbocycles. The van der Waals surface area contributed by atoms with Crippen molar-refractivity contribution in [1.82, 2.24) is 0 Å². The van der Waals surface area contributed by atoms with Crippen molar-refractivity contribution in [2.24, 2.45) is 0 Å². The zero-order valence-corrected chi connectivity index (χ0v) is 16.1. The number of Topliss-reactive ketones (excluding diaryl/α,β-unsaturated/α-hetero) is 1. The first-order valence-electron chi connectivity index (χ1n) is 9.13. The van der Waals surface area contributed by atoms with Gasteiger partial charge in [-0.15, -0.1) is 0 Å². The Morgan fingerprint density at radius 2 is 1.92 bits per heavy atom. The summed E-state index contributed by atoms with van der Waals surface area (Å²) < 4.78 is 11.0. The third-order valence-electron chi connectivity index (χ3n) is 4.37. The highest BCUT2D eigenvalue weighted by molar-refractivity contribution is 6.07. The molecule has 1 amide bonds. The van der Waals surface area contributed by atoms with E-state index >= 15 is 0 Å². The molecule has 26 heavy (non-hydrogen) atoms. The Morgan fingerprint density at radius 3 is 2.50 bits per heavy atom. The zero-order chi connectivity index (χ0) is 19.5. The first-order chi connectivity index (χ1) is 12.3. The lowest BCUT2D eigenvalue weighted by Crippen LogP contribution is -2.58. The van der Waals surface area contributed by atoms with Gasteiger partial charge < -0.3 is 9.47 Å². The van der Waals surface area contributed by atoms with E-state index in [1.165, 1.54) is 4.90 Å². The van der Waals surface area contributed by atoms with Crippen LogP contribution in [0.15, 0.2) is 18.2 Å². The van der Waals surface area contributed by atoms with E-state index in [2.05, 4.69) is 0 Å². The van der Waals surface area contributed by atoms with Crippen molar-refractivity contribution in [2.75, 3.05) is 11.5 Å². The molecule has 0 aromatic heterocycles. The Labute approximate surface area is 154 Å². The third-order valence-corrected chi connectivity index (χ3v) is 4.37. The maximum Gasteiger partial charge on any atom is 0.329 e. The number of benzene rings is 1. The predicted molar refractivity (Wildman–Crippen MR) is 98.6 cm³/mol. The molecule has 1 aliphatic rings. The van der Waals surface area contributed by atoms with E-state index < -0.39 is 17.6 Å². The minimum absolute atomic E-state index is 0.00304. The molecule has 2 rings (SSSR count). The normalized spacial score (nSPS) is 16.5. The summed E-state index contributed by atoms with van der Waals surface area (Å²) >= 11 is 0. The molecular weight excluding hydrogens is 334 g/mol. The minimum Gasteiger partial charge on any atom is -0.476 e. The summed E-state index contributed by atoms with van der Waals surface area (Å²) in [4.78, 5) is 39.2. The summed E-state index contributed by atoms with van der Waals surface area (Å²) in [5, 5.41) is 0. The van der Waals surface area contributed by atoms with Crippen molar-refractivity contribution < 1.29 is 23.9 Å². The topological polar surface area (TPSA) is 72.9 Å². The number of hydrogen-bond donors (Lipinski definition) is 0. The number of carbonyl (C=O) groups excluding carboxylic acids is 3. The smallest absolute Gasteiger partial charge is 0.329 e. The number of ether oxygens (including phenoxy) is 2. The van der Waals surface area contributed by atoms with Crippen LogP contribution in [-0.2, 0) is 14.3 Å². The SMILES string of the molecule is CCCC(=O)c1ccc2c(c1)N(C(CC)C(=O)OCC)C(=O)C(C)(C)O2. The van der Waals surface area contributed by atoms with Crippen LogP contribution in [0.4, 0.5) is 5.69 Å². The van der Waals surface area contributed by atoms with E-state index in [4.69, 9.17) is 9.47 Å². The quantitative estimate of drug-likeness (QED) is 0.549. The molecule has 1 aromatic carbocycles. The second kappa shape index (κ2) is 7.89. The van der Waals surface area contributed by atoms with E-state index in [9.17, 15) is 14.4 Å². The zero-order valence-electron chi connectivity index (χ0n) is 16.1. The molecule has 0 spiro atoms. The van der Waals surface area contributed by atoms with Crippen molar-refractivity contribution in [2.45, 2.75) is 65.5 Å². The highest BCUT2D eigenvalue weighted by atomic mass is 16.5. The van der Waals surface area contributed by atoms with Crippen molar-refractivity contribution in [1.29, 1.82) is 0 Å². The van der Waals surface area contributed by atoms with Gasteiger partial charge in [0.05, 0.1) is 12.3 Å². The number of amides is 1. The van der Waals surface area contributed by atoms with Crippen LogP contribution in [0.1, 0.15) is 64.2 Å². The number of rotatable bonds is 7.